The van der Waals surface area contributed by atoms with Crippen molar-refractivity contribution in [1.29, 1.82) is 0 Å². The number of nitrogens with zero attached hydrogens (tertiary/aromatic N) is 2. The number of hydrogen-bond donors (Lipinski definition) is 1. The summed E-state index contributed by atoms with van der Waals surface area (Å²) in [7, 11) is 8.50. The summed E-state index contributed by atoms with van der Waals surface area (Å²) in [6.07, 6.45) is 0. The lowest BCUT2D eigenvalue weighted by molar-refractivity contribution is -0.891. The van der Waals surface area contributed by atoms with Gasteiger partial charge in [0.1, 0.15) is 0 Å². The molecular formula is C20H36N2O7S. The van der Waals surface area contributed by atoms with E-state index >= 15 is 0 Å². The third-order valence-electron chi connectivity index (χ3n) is 4.77. The topological polar surface area (TPSA) is 135 Å². The molecule has 0 aromatic heterocycles. The van der Waals surface area contributed by atoms with Gasteiger partial charge in [0.25, 0.3) is 10.1 Å². The van der Waals surface area contributed by atoms with Crippen LogP contribution in [0.15, 0.2) is 23.1 Å². The summed E-state index contributed by atoms with van der Waals surface area (Å²) in [6, 6.07) is 3.30. The van der Waals surface area contributed by atoms with Crippen LogP contribution >= 0.6 is 0 Å². The minimum atomic E-state index is -4.70. The van der Waals surface area contributed by atoms with E-state index in [0.29, 0.717) is 18.2 Å². The molecule has 10 heteroatoms. The lowest BCUT2D eigenvalue weighted by atomic mass is 10.1. The molecule has 174 valence electrons. The van der Waals surface area contributed by atoms with E-state index in [1.165, 1.54) is 0 Å². The second kappa shape index (κ2) is 11.4. The zero-order valence-corrected chi connectivity index (χ0v) is 20.4. The fourth-order valence-corrected chi connectivity index (χ4v) is 1.54. The SMILES string of the molecule is CC(C)[N+](C)(C)C.CC(C)[N+](C)(C)C.O=C([O-])c1cc(C(=O)[O-])cc(S(=O)(=O)O)c1. The highest BCUT2D eigenvalue weighted by atomic mass is 32.2. The second-order valence-electron chi connectivity index (χ2n) is 9.22. The molecule has 0 aliphatic carbocycles. The molecule has 0 heterocycles. The number of rotatable bonds is 5. The summed E-state index contributed by atoms with van der Waals surface area (Å²) < 4.78 is 32.2. The monoisotopic (exact) mass is 448 g/mol. The van der Waals surface area contributed by atoms with Crippen LogP contribution in [0.3, 0.4) is 0 Å². The lowest BCUT2D eigenvalue weighted by Crippen LogP contribution is -2.41. The van der Waals surface area contributed by atoms with Gasteiger partial charge in [-0.25, -0.2) is 0 Å². The molecule has 0 aliphatic rings. The molecule has 0 unspecified atom stereocenters. The Hall–Kier alpha value is -2.01. The van der Waals surface area contributed by atoms with Gasteiger partial charge in [-0.1, -0.05) is 0 Å². The molecular weight excluding hydrogens is 412 g/mol. The summed E-state index contributed by atoms with van der Waals surface area (Å²) in [5, 5.41) is 20.9. The van der Waals surface area contributed by atoms with E-state index in [-0.39, 0.29) is 0 Å². The smallest absolute Gasteiger partial charge is 0.294 e. The Morgan fingerprint density at radius 1 is 0.767 bits per heavy atom. The molecule has 1 N–H and O–H groups in total. The Kier molecular flexibility index (Phi) is 11.5. The predicted molar refractivity (Wildman–Crippen MR) is 111 cm³/mol. The molecule has 0 spiro atoms. The first kappa shape index (κ1) is 30.2. The summed E-state index contributed by atoms with van der Waals surface area (Å²) in [5.74, 6) is -3.54. The van der Waals surface area contributed by atoms with E-state index in [9.17, 15) is 28.2 Å². The molecule has 0 saturated heterocycles. The van der Waals surface area contributed by atoms with Crippen molar-refractivity contribution in [3.63, 3.8) is 0 Å². The zero-order chi connectivity index (χ0) is 24.7. The Morgan fingerprint density at radius 3 is 1.13 bits per heavy atom. The summed E-state index contributed by atoms with van der Waals surface area (Å²) in [4.78, 5) is 20.1. The molecule has 0 amide bonds. The van der Waals surface area contributed by atoms with Crippen LogP contribution in [0.1, 0.15) is 48.4 Å². The summed E-state index contributed by atoms with van der Waals surface area (Å²) in [6.45, 7) is 8.89. The number of carbonyl (C=O) groups is 2. The van der Waals surface area contributed by atoms with Crippen molar-refractivity contribution < 1.29 is 41.7 Å². The number of quaternary nitrogens is 2. The number of carbonyl (C=O) groups excluding carboxylic acids is 2. The first-order valence-corrected chi connectivity index (χ1v) is 10.7. The van der Waals surface area contributed by atoms with E-state index in [1.807, 2.05) is 0 Å². The molecule has 0 saturated carbocycles. The number of aromatic carboxylic acids is 2. The van der Waals surface area contributed by atoms with Gasteiger partial charge < -0.3 is 28.8 Å². The van der Waals surface area contributed by atoms with Crippen molar-refractivity contribution in [1.82, 2.24) is 0 Å². The van der Waals surface area contributed by atoms with Crippen molar-refractivity contribution in [3.05, 3.63) is 29.3 Å². The van der Waals surface area contributed by atoms with E-state index < -0.39 is 38.1 Å². The first-order valence-electron chi connectivity index (χ1n) is 9.28. The fraction of sp³-hybridized carbons (Fsp3) is 0.600. The third-order valence-corrected chi connectivity index (χ3v) is 5.61. The molecule has 0 bridgehead atoms. The van der Waals surface area contributed by atoms with Crippen LogP contribution < -0.4 is 10.2 Å². The van der Waals surface area contributed by atoms with Crippen LogP contribution in [0.5, 0.6) is 0 Å². The zero-order valence-electron chi connectivity index (χ0n) is 19.6. The molecule has 30 heavy (non-hydrogen) atoms. The number of carboxylic acid groups (broad SMARTS) is 2. The van der Waals surface area contributed by atoms with Crippen molar-refractivity contribution >= 4 is 22.1 Å². The Morgan fingerprint density at radius 2 is 1.00 bits per heavy atom. The van der Waals surface area contributed by atoms with Gasteiger partial charge in [-0.05, 0) is 57.0 Å². The number of benzene rings is 1. The average molecular weight is 449 g/mol. The highest BCUT2D eigenvalue weighted by Crippen LogP contribution is 2.14. The maximum absolute atomic E-state index is 10.7. The van der Waals surface area contributed by atoms with Crippen LogP contribution in [0.2, 0.25) is 0 Å². The van der Waals surface area contributed by atoms with Crippen LogP contribution in [-0.2, 0) is 10.1 Å². The Balaban J connectivity index is 0. The normalized spacial score (nSPS) is 11.9. The number of carboxylic acids is 2. The molecule has 0 fully saturated rings. The molecule has 0 atom stereocenters. The lowest BCUT2D eigenvalue weighted by Gasteiger charge is -2.28. The fourth-order valence-electron chi connectivity index (χ4n) is 0.984. The van der Waals surface area contributed by atoms with Crippen LogP contribution in [0.25, 0.3) is 0 Å². The quantitative estimate of drug-likeness (QED) is 0.489. The minimum Gasteiger partial charge on any atom is -0.545 e. The van der Waals surface area contributed by atoms with Crippen molar-refractivity contribution in [3.8, 4) is 0 Å². The van der Waals surface area contributed by atoms with Gasteiger partial charge in [0.15, 0.2) is 0 Å². The van der Waals surface area contributed by atoms with Gasteiger partial charge in [0, 0.05) is 0 Å². The van der Waals surface area contributed by atoms with E-state index in [2.05, 4.69) is 70.0 Å². The van der Waals surface area contributed by atoms with Gasteiger partial charge in [-0.15, -0.1) is 0 Å². The van der Waals surface area contributed by atoms with Gasteiger partial charge in [-0.2, -0.15) is 8.42 Å². The molecule has 0 radical (unpaired) electrons. The van der Waals surface area contributed by atoms with Gasteiger partial charge in [0.2, 0.25) is 0 Å². The highest BCUT2D eigenvalue weighted by Gasteiger charge is 2.13. The maximum Gasteiger partial charge on any atom is 0.294 e. The summed E-state index contributed by atoms with van der Waals surface area (Å²) in [5.41, 5.74) is -1.37. The van der Waals surface area contributed by atoms with Crippen molar-refractivity contribution in [2.75, 3.05) is 42.3 Å². The third kappa shape index (κ3) is 12.5. The summed E-state index contributed by atoms with van der Waals surface area (Å²) >= 11 is 0. The molecule has 1 rings (SSSR count). The van der Waals surface area contributed by atoms with Crippen LogP contribution in [-0.4, -0.2) is 88.2 Å². The molecule has 0 aliphatic heterocycles. The predicted octanol–water partition coefficient (Wildman–Crippen LogP) is -0.138. The van der Waals surface area contributed by atoms with E-state index in [4.69, 9.17) is 4.55 Å². The Bertz CT molecular complexity index is 768. The van der Waals surface area contributed by atoms with Gasteiger partial charge in [-0.3, -0.25) is 4.55 Å². The Labute approximate surface area is 180 Å². The van der Waals surface area contributed by atoms with Gasteiger partial charge in [0.05, 0.1) is 71.2 Å². The van der Waals surface area contributed by atoms with Crippen LogP contribution in [0, 0.1) is 0 Å². The number of hydrogen-bond acceptors (Lipinski definition) is 6. The second-order valence-corrected chi connectivity index (χ2v) is 10.6. The highest BCUT2D eigenvalue weighted by molar-refractivity contribution is 7.85. The molecule has 1 aromatic rings. The standard InChI is InChI=1S/C8H6O7S.2C6H16N/c9-7(10)4-1-5(8(11)12)3-6(2-4)16(13,14)15;2*1-6(2)7(3,4)5/h1-3H,(H,9,10)(H,11,12)(H,13,14,15);2*6H,1-5H3/q;2*+1/p-2. The van der Waals surface area contributed by atoms with E-state index in [1.54, 1.807) is 0 Å². The van der Waals surface area contributed by atoms with Crippen molar-refractivity contribution in [2.45, 2.75) is 44.7 Å². The largest absolute Gasteiger partial charge is 0.545 e. The minimum absolute atomic E-state index is 0.580. The molecule has 9 nitrogen and oxygen atoms in total. The van der Waals surface area contributed by atoms with Crippen molar-refractivity contribution in [2.24, 2.45) is 0 Å². The first-order chi connectivity index (χ1) is 13.1. The van der Waals surface area contributed by atoms with Gasteiger partial charge >= 0.3 is 0 Å². The van der Waals surface area contributed by atoms with E-state index in [0.717, 1.165) is 21.0 Å². The molecule has 1 aromatic carbocycles. The van der Waals surface area contributed by atoms with Crippen LogP contribution in [0.4, 0.5) is 0 Å². The maximum atomic E-state index is 10.7. The average Bonchev–Trinajstić information content (AvgIpc) is 2.52.